The number of amides is 1. The number of rotatable bonds is 6. The summed E-state index contributed by atoms with van der Waals surface area (Å²) in [5.74, 6) is 0.496. The SMILES string of the molecule is COc1cccc(OC)c1C(=O)NC1CCC[C@@H]1Nc1ncc(C(F)(F)F)cn1. The van der Waals surface area contributed by atoms with Crippen LogP contribution in [0.2, 0.25) is 0 Å². The monoisotopic (exact) mass is 410 g/mol. The summed E-state index contributed by atoms with van der Waals surface area (Å²) in [4.78, 5) is 20.3. The minimum atomic E-state index is -4.49. The fraction of sp³-hybridized carbons (Fsp3) is 0.421. The number of carbonyl (C=O) groups is 1. The Balaban J connectivity index is 1.71. The minimum Gasteiger partial charge on any atom is -0.496 e. The van der Waals surface area contributed by atoms with Gasteiger partial charge in [-0.3, -0.25) is 4.79 Å². The van der Waals surface area contributed by atoms with Crippen LogP contribution in [0.3, 0.4) is 0 Å². The number of nitrogens with zero attached hydrogens (tertiary/aromatic N) is 2. The molecular formula is C19H21F3N4O3. The molecule has 29 heavy (non-hydrogen) atoms. The second-order valence-corrected chi connectivity index (χ2v) is 6.59. The Kier molecular flexibility index (Phi) is 6.09. The lowest BCUT2D eigenvalue weighted by atomic mass is 10.1. The van der Waals surface area contributed by atoms with Crippen LogP contribution in [0.4, 0.5) is 19.1 Å². The maximum Gasteiger partial charge on any atom is 0.419 e. The fourth-order valence-electron chi connectivity index (χ4n) is 3.34. The van der Waals surface area contributed by atoms with Crippen molar-refractivity contribution < 1.29 is 27.4 Å². The van der Waals surface area contributed by atoms with Gasteiger partial charge in [0.15, 0.2) is 0 Å². The largest absolute Gasteiger partial charge is 0.496 e. The molecule has 2 atom stereocenters. The lowest BCUT2D eigenvalue weighted by molar-refractivity contribution is -0.138. The zero-order chi connectivity index (χ0) is 21.0. The quantitative estimate of drug-likeness (QED) is 0.760. The van der Waals surface area contributed by atoms with Gasteiger partial charge in [-0.1, -0.05) is 6.07 Å². The summed E-state index contributed by atoms with van der Waals surface area (Å²) in [5.41, 5.74) is -0.628. The van der Waals surface area contributed by atoms with Crippen molar-refractivity contribution in [1.29, 1.82) is 0 Å². The summed E-state index contributed by atoms with van der Waals surface area (Å²) in [5, 5.41) is 5.97. The molecule has 1 aromatic carbocycles. The molecule has 0 saturated heterocycles. The van der Waals surface area contributed by atoms with Crippen molar-refractivity contribution in [2.24, 2.45) is 0 Å². The van der Waals surface area contributed by atoms with Crippen LogP contribution < -0.4 is 20.1 Å². The summed E-state index contributed by atoms with van der Waals surface area (Å²) in [6.07, 6.45) is -0.752. The highest BCUT2D eigenvalue weighted by Crippen LogP contribution is 2.30. The Morgan fingerprint density at radius 3 is 2.21 bits per heavy atom. The maximum absolute atomic E-state index is 12.9. The minimum absolute atomic E-state index is 0.0824. The normalized spacial score (nSPS) is 18.9. The summed E-state index contributed by atoms with van der Waals surface area (Å²) >= 11 is 0. The van der Waals surface area contributed by atoms with Gasteiger partial charge in [0.05, 0.1) is 19.8 Å². The Labute approximate surface area is 165 Å². The van der Waals surface area contributed by atoms with Crippen LogP contribution >= 0.6 is 0 Å². The van der Waals surface area contributed by atoms with Gasteiger partial charge < -0.3 is 20.1 Å². The molecule has 0 radical (unpaired) electrons. The number of hydrogen-bond donors (Lipinski definition) is 2. The first-order chi connectivity index (χ1) is 13.8. The molecule has 0 spiro atoms. The number of aromatic nitrogens is 2. The molecular weight excluding hydrogens is 389 g/mol. The van der Waals surface area contributed by atoms with Crippen LogP contribution in [-0.4, -0.2) is 42.2 Å². The molecule has 10 heteroatoms. The zero-order valence-electron chi connectivity index (χ0n) is 15.9. The predicted molar refractivity (Wildman–Crippen MR) is 99.1 cm³/mol. The first-order valence-corrected chi connectivity index (χ1v) is 9.01. The van der Waals surface area contributed by atoms with E-state index in [0.29, 0.717) is 17.9 Å². The predicted octanol–water partition coefficient (Wildman–Crippen LogP) is 3.28. The molecule has 0 aliphatic heterocycles. The van der Waals surface area contributed by atoms with E-state index in [4.69, 9.17) is 9.47 Å². The molecule has 2 N–H and O–H groups in total. The van der Waals surface area contributed by atoms with E-state index in [1.807, 2.05) is 0 Å². The number of alkyl halides is 3. The Morgan fingerprint density at radius 1 is 1.07 bits per heavy atom. The van der Waals surface area contributed by atoms with E-state index in [-0.39, 0.29) is 29.5 Å². The highest BCUT2D eigenvalue weighted by molar-refractivity contribution is 6.00. The van der Waals surface area contributed by atoms with Crippen LogP contribution in [0.5, 0.6) is 11.5 Å². The number of anilines is 1. The Hall–Kier alpha value is -3.04. The smallest absolute Gasteiger partial charge is 0.419 e. The van der Waals surface area contributed by atoms with Gasteiger partial charge in [0, 0.05) is 24.5 Å². The molecule has 1 aliphatic rings. The van der Waals surface area contributed by atoms with Gasteiger partial charge in [-0.2, -0.15) is 13.2 Å². The molecule has 3 rings (SSSR count). The second-order valence-electron chi connectivity index (χ2n) is 6.59. The fourth-order valence-corrected chi connectivity index (χ4v) is 3.34. The number of hydrogen-bond acceptors (Lipinski definition) is 6. The van der Waals surface area contributed by atoms with Gasteiger partial charge in [-0.15, -0.1) is 0 Å². The van der Waals surface area contributed by atoms with E-state index in [2.05, 4.69) is 20.6 Å². The van der Waals surface area contributed by atoms with E-state index in [0.717, 1.165) is 25.2 Å². The van der Waals surface area contributed by atoms with Crippen molar-refractivity contribution in [3.63, 3.8) is 0 Å². The van der Waals surface area contributed by atoms with Crippen LogP contribution in [0.1, 0.15) is 35.2 Å². The van der Waals surface area contributed by atoms with Crippen molar-refractivity contribution in [2.45, 2.75) is 37.5 Å². The Morgan fingerprint density at radius 2 is 1.66 bits per heavy atom. The third-order valence-corrected chi connectivity index (χ3v) is 4.78. The number of benzene rings is 1. The van der Waals surface area contributed by atoms with Gasteiger partial charge in [-0.25, -0.2) is 9.97 Å². The second kappa shape index (κ2) is 8.54. The van der Waals surface area contributed by atoms with Crippen molar-refractivity contribution in [2.75, 3.05) is 19.5 Å². The summed E-state index contributed by atoms with van der Waals surface area (Å²) in [6.45, 7) is 0. The van der Waals surface area contributed by atoms with Crippen LogP contribution in [0.25, 0.3) is 0 Å². The van der Waals surface area contributed by atoms with Crippen molar-refractivity contribution in [1.82, 2.24) is 15.3 Å². The van der Waals surface area contributed by atoms with Gasteiger partial charge in [0.2, 0.25) is 5.95 Å². The van der Waals surface area contributed by atoms with Crippen LogP contribution in [0, 0.1) is 0 Å². The van der Waals surface area contributed by atoms with Crippen molar-refractivity contribution in [3.05, 3.63) is 41.7 Å². The van der Waals surface area contributed by atoms with E-state index in [1.54, 1.807) is 18.2 Å². The molecule has 1 aromatic heterocycles. The number of ether oxygens (including phenoxy) is 2. The molecule has 2 aromatic rings. The molecule has 1 amide bonds. The average Bonchev–Trinajstić information content (AvgIpc) is 3.13. The van der Waals surface area contributed by atoms with Gasteiger partial charge in [0.1, 0.15) is 17.1 Å². The standard InChI is InChI=1S/C19H21F3N4O3/c1-28-14-7-4-8-15(29-2)16(14)17(27)25-12-5-3-6-13(12)26-18-23-9-11(10-24-18)19(20,21)22/h4,7-10,12-13H,3,5-6H2,1-2H3,(H,25,27)(H,23,24,26)/t12?,13-/m0/s1. The molecule has 1 aliphatic carbocycles. The zero-order valence-corrected chi connectivity index (χ0v) is 15.9. The summed E-state index contributed by atoms with van der Waals surface area (Å²) in [7, 11) is 2.93. The summed E-state index contributed by atoms with van der Waals surface area (Å²) < 4.78 is 48.5. The van der Waals surface area contributed by atoms with Crippen molar-refractivity contribution >= 4 is 11.9 Å². The Bertz CT molecular complexity index is 837. The molecule has 1 heterocycles. The number of carbonyl (C=O) groups excluding carboxylic acids is 1. The highest BCUT2D eigenvalue weighted by atomic mass is 19.4. The van der Waals surface area contributed by atoms with Gasteiger partial charge >= 0.3 is 6.18 Å². The molecule has 1 saturated carbocycles. The molecule has 7 nitrogen and oxygen atoms in total. The highest BCUT2D eigenvalue weighted by Gasteiger charge is 2.33. The lowest BCUT2D eigenvalue weighted by Crippen LogP contribution is -2.43. The van der Waals surface area contributed by atoms with Gasteiger partial charge in [-0.05, 0) is 31.4 Å². The van der Waals surface area contributed by atoms with E-state index < -0.39 is 11.7 Å². The van der Waals surface area contributed by atoms with E-state index in [9.17, 15) is 18.0 Å². The number of methoxy groups -OCH3 is 2. The topological polar surface area (TPSA) is 85.4 Å². The number of halogens is 3. The van der Waals surface area contributed by atoms with Crippen LogP contribution in [-0.2, 0) is 6.18 Å². The first kappa shape index (κ1) is 20.7. The van der Waals surface area contributed by atoms with Crippen molar-refractivity contribution in [3.8, 4) is 11.5 Å². The summed E-state index contributed by atoms with van der Waals surface area (Å²) in [6, 6.07) is 4.59. The molecule has 1 unspecified atom stereocenters. The third-order valence-electron chi connectivity index (χ3n) is 4.78. The van der Waals surface area contributed by atoms with Gasteiger partial charge in [0.25, 0.3) is 5.91 Å². The van der Waals surface area contributed by atoms with E-state index in [1.165, 1.54) is 14.2 Å². The number of nitrogens with one attached hydrogen (secondary N) is 2. The maximum atomic E-state index is 12.9. The van der Waals surface area contributed by atoms with E-state index >= 15 is 0 Å². The average molecular weight is 410 g/mol. The van der Waals surface area contributed by atoms with Crippen LogP contribution in [0.15, 0.2) is 30.6 Å². The molecule has 0 bridgehead atoms. The first-order valence-electron chi connectivity index (χ1n) is 9.01. The molecule has 1 fully saturated rings. The molecule has 156 valence electrons. The third kappa shape index (κ3) is 4.69. The lowest BCUT2D eigenvalue weighted by Gasteiger charge is -2.23.